The van der Waals surface area contributed by atoms with Crippen molar-refractivity contribution in [1.82, 2.24) is 10.2 Å². The summed E-state index contributed by atoms with van der Waals surface area (Å²) in [4.78, 5) is 2.39. The van der Waals surface area contributed by atoms with Gasteiger partial charge in [-0.2, -0.15) is 0 Å². The number of rotatable bonds is 1. The fourth-order valence-corrected chi connectivity index (χ4v) is 2.72. The van der Waals surface area contributed by atoms with Crippen molar-refractivity contribution in [2.24, 2.45) is 0 Å². The Kier molecular flexibility index (Phi) is 3.69. The second-order valence-electron chi connectivity index (χ2n) is 6.21. The summed E-state index contributed by atoms with van der Waals surface area (Å²) in [6.07, 6.45) is 0. The molecule has 0 spiro atoms. The molecule has 3 nitrogen and oxygen atoms in total. The zero-order chi connectivity index (χ0) is 14.0. The van der Waals surface area contributed by atoms with Gasteiger partial charge in [-0.3, -0.25) is 4.90 Å². The number of ether oxygens (including phenoxy) is 1. The van der Waals surface area contributed by atoms with E-state index in [-0.39, 0.29) is 5.41 Å². The predicted molar refractivity (Wildman–Crippen MR) is 81.2 cm³/mol. The van der Waals surface area contributed by atoms with Crippen molar-refractivity contribution < 1.29 is 4.74 Å². The molecule has 1 saturated heterocycles. The largest absolute Gasteiger partial charge is 0.492 e. The molecule has 3 rings (SSSR count). The van der Waals surface area contributed by atoms with Crippen LogP contribution in [-0.4, -0.2) is 44.2 Å². The van der Waals surface area contributed by atoms with E-state index in [2.05, 4.69) is 54.1 Å². The number of nitrogens with zero attached hydrogens (tertiary/aromatic N) is 1. The topological polar surface area (TPSA) is 24.5 Å². The molecule has 0 unspecified atom stereocenters. The van der Waals surface area contributed by atoms with Gasteiger partial charge in [-0.05, 0) is 18.2 Å². The van der Waals surface area contributed by atoms with Crippen LogP contribution in [0, 0.1) is 11.8 Å². The van der Waals surface area contributed by atoms with Crippen molar-refractivity contribution in [2.75, 3.05) is 39.3 Å². The maximum atomic E-state index is 5.70. The van der Waals surface area contributed by atoms with Gasteiger partial charge in [0.05, 0.1) is 13.2 Å². The Morgan fingerprint density at radius 1 is 1.30 bits per heavy atom. The van der Waals surface area contributed by atoms with Crippen LogP contribution < -0.4 is 10.1 Å². The Bertz CT molecular complexity index is 548. The quantitative estimate of drug-likeness (QED) is 0.785. The monoisotopic (exact) mass is 270 g/mol. The second-order valence-corrected chi connectivity index (χ2v) is 6.21. The normalized spacial score (nSPS) is 20.7. The molecule has 0 amide bonds. The highest BCUT2D eigenvalue weighted by Gasteiger charge is 2.31. The summed E-state index contributed by atoms with van der Waals surface area (Å²) in [7, 11) is 0. The zero-order valence-electron chi connectivity index (χ0n) is 12.3. The van der Waals surface area contributed by atoms with Gasteiger partial charge >= 0.3 is 0 Å². The van der Waals surface area contributed by atoms with Gasteiger partial charge in [0.2, 0.25) is 0 Å². The molecule has 1 fully saturated rings. The van der Waals surface area contributed by atoms with E-state index in [9.17, 15) is 0 Å². The molecule has 0 saturated carbocycles. The summed E-state index contributed by atoms with van der Waals surface area (Å²) in [5.41, 5.74) is 2.48. The van der Waals surface area contributed by atoms with Crippen LogP contribution in [-0.2, 0) is 5.41 Å². The van der Waals surface area contributed by atoms with Crippen LogP contribution in [0.1, 0.15) is 25.0 Å². The first-order valence-electron chi connectivity index (χ1n) is 7.34. The van der Waals surface area contributed by atoms with Gasteiger partial charge in [0, 0.05) is 42.7 Å². The Labute approximate surface area is 121 Å². The summed E-state index contributed by atoms with van der Waals surface area (Å²) in [6.45, 7) is 10.4. The van der Waals surface area contributed by atoms with Crippen molar-refractivity contribution in [3.63, 3.8) is 0 Å². The summed E-state index contributed by atoms with van der Waals surface area (Å²) in [5.74, 6) is 7.61. The van der Waals surface area contributed by atoms with E-state index in [0.29, 0.717) is 0 Å². The van der Waals surface area contributed by atoms with Crippen molar-refractivity contribution in [3.05, 3.63) is 29.3 Å². The fourth-order valence-electron chi connectivity index (χ4n) is 2.72. The van der Waals surface area contributed by atoms with Gasteiger partial charge in [-0.1, -0.05) is 25.7 Å². The van der Waals surface area contributed by atoms with E-state index in [1.807, 2.05) is 0 Å². The van der Waals surface area contributed by atoms with Gasteiger partial charge in [0.1, 0.15) is 5.75 Å². The van der Waals surface area contributed by atoms with Crippen molar-refractivity contribution in [2.45, 2.75) is 19.3 Å². The molecule has 1 N–H and O–H groups in total. The predicted octanol–water partition coefficient (Wildman–Crippen LogP) is 1.61. The molecule has 106 valence electrons. The van der Waals surface area contributed by atoms with E-state index in [0.717, 1.165) is 50.6 Å². The third-order valence-electron chi connectivity index (χ3n) is 4.04. The molecule has 1 aromatic rings. The number of hydrogen-bond acceptors (Lipinski definition) is 3. The number of hydrogen-bond donors (Lipinski definition) is 1. The Hall–Kier alpha value is -1.50. The van der Waals surface area contributed by atoms with E-state index in [1.165, 1.54) is 5.56 Å². The number of nitrogens with one attached hydrogen (secondary N) is 1. The third-order valence-corrected chi connectivity index (χ3v) is 4.04. The van der Waals surface area contributed by atoms with Gasteiger partial charge in [-0.25, -0.2) is 0 Å². The molecule has 0 aliphatic carbocycles. The lowest BCUT2D eigenvalue weighted by molar-refractivity contribution is 0.268. The minimum atomic E-state index is 0.103. The molecule has 2 aliphatic heterocycles. The Morgan fingerprint density at radius 2 is 2.10 bits per heavy atom. The van der Waals surface area contributed by atoms with E-state index in [4.69, 9.17) is 4.74 Å². The molecule has 0 aromatic heterocycles. The lowest BCUT2D eigenvalue weighted by atomic mass is 9.86. The molecule has 2 heterocycles. The summed E-state index contributed by atoms with van der Waals surface area (Å²) in [6, 6.07) is 6.30. The molecule has 0 radical (unpaired) electrons. The molecule has 0 bridgehead atoms. The Balaban J connectivity index is 1.70. The molecular formula is C17H22N2O. The van der Waals surface area contributed by atoms with Crippen molar-refractivity contribution >= 4 is 0 Å². The standard InChI is InChI=1S/C17H22N2O/c1-17(2)13-20-16-6-5-14(12-15(16)17)4-3-9-19-10-7-18-8-11-19/h5-6,12,18H,7-11,13H2,1-2H3. The van der Waals surface area contributed by atoms with Gasteiger partial charge < -0.3 is 10.1 Å². The summed E-state index contributed by atoms with van der Waals surface area (Å²) >= 11 is 0. The molecular weight excluding hydrogens is 248 g/mol. The number of piperazine rings is 1. The van der Waals surface area contributed by atoms with Crippen LogP contribution in [0.4, 0.5) is 0 Å². The molecule has 1 aromatic carbocycles. The summed E-state index contributed by atoms with van der Waals surface area (Å²) < 4.78 is 5.70. The van der Waals surface area contributed by atoms with Crippen molar-refractivity contribution in [1.29, 1.82) is 0 Å². The highest BCUT2D eigenvalue weighted by molar-refractivity contribution is 5.49. The Morgan fingerprint density at radius 3 is 2.90 bits per heavy atom. The fraction of sp³-hybridized carbons (Fsp3) is 0.529. The average Bonchev–Trinajstić information content (AvgIpc) is 2.76. The first kappa shape index (κ1) is 13.5. The van der Waals surface area contributed by atoms with Crippen LogP contribution in [0.25, 0.3) is 0 Å². The van der Waals surface area contributed by atoms with Gasteiger partial charge in [0.25, 0.3) is 0 Å². The van der Waals surface area contributed by atoms with E-state index >= 15 is 0 Å². The maximum Gasteiger partial charge on any atom is 0.123 e. The van der Waals surface area contributed by atoms with Crippen LogP contribution >= 0.6 is 0 Å². The minimum absolute atomic E-state index is 0.103. The number of benzene rings is 1. The highest BCUT2D eigenvalue weighted by atomic mass is 16.5. The maximum absolute atomic E-state index is 5.70. The minimum Gasteiger partial charge on any atom is -0.492 e. The van der Waals surface area contributed by atoms with Gasteiger partial charge in [0.15, 0.2) is 0 Å². The van der Waals surface area contributed by atoms with Crippen LogP contribution in [0.3, 0.4) is 0 Å². The second kappa shape index (κ2) is 5.47. The molecule has 2 aliphatic rings. The molecule has 3 heteroatoms. The van der Waals surface area contributed by atoms with Crippen LogP contribution in [0.2, 0.25) is 0 Å². The molecule has 0 atom stereocenters. The first-order valence-corrected chi connectivity index (χ1v) is 7.34. The first-order chi connectivity index (χ1) is 9.65. The highest BCUT2D eigenvalue weighted by Crippen LogP contribution is 2.38. The summed E-state index contributed by atoms with van der Waals surface area (Å²) in [5, 5.41) is 3.36. The number of fused-ring (bicyclic) bond motifs is 1. The molecule has 20 heavy (non-hydrogen) atoms. The van der Waals surface area contributed by atoms with E-state index in [1.54, 1.807) is 0 Å². The smallest absolute Gasteiger partial charge is 0.123 e. The van der Waals surface area contributed by atoms with Gasteiger partial charge in [-0.15, -0.1) is 0 Å². The lowest BCUT2D eigenvalue weighted by Crippen LogP contribution is -2.43. The van der Waals surface area contributed by atoms with Crippen LogP contribution in [0.5, 0.6) is 5.75 Å². The van der Waals surface area contributed by atoms with Crippen LogP contribution in [0.15, 0.2) is 18.2 Å². The van der Waals surface area contributed by atoms with E-state index < -0.39 is 0 Å². The third kappa shape index (κ3) is 2.82. The van der Waals surface area contributed by atoms with Crippen molar-refractivity contribution in [3.8, 4) is 17.6 Å². The lowest BCUT2D eigenvalue weighted by Gasteiger charge is -2.24. The average molecular weight is 270 g/mol. The SMILES string of the molecule is CC1(C)COc2ccc(C#CCN3CCNCC3)cc21. The zero-order valence-corrected chi connectivity index (χ0v) is 12.3.